The third-order valence-electron chi connectivity index (χ3n) is 4.91. The van der Waals surface area contributed by atoms with Crippen LogP contribution in [-0.4, -0.2) is 35.2 Å². The van der Waals surface area contributed by atoms with Gasteiger partial charge in [0.15, 0.2) is 0 Å². The zero-order chi connectivity index (χ0) is 24.1. The van der Waals surface area contributed by atoms with Gasteiger partial charge in [0.2, 0.25) is 0 Å². The van der Waals surface area contributed by atoms with Crippen LogP contribution in [0.3, 0.4) is 0 Å². The number of hydrogen-bond donors (Lipinski definition) is 0. The molecule has 0 radical (unpaired) electrons. The first-order valence-electron chi connectivity index (χ1n) is 10.4. The average Bonchev–Trinajstić information content (AvgIpc) is 3.09. The Morgan fingerprint density at radius 2 is 1.71 bits per heavy atom. The molecule has 1 fully saturated rings. The first-order chi connectivity index (χ1) is 16.4. The summed E-state index contributed by atoms with van der Waals surface area (Å²) in [6.07, 6.45) is 1.64. The minimum Gasteiger partial charge on any atom is -0.492 e. The molecule has 1 aliphatic heterocycles. The molecule has 1 saturated heterocycles. The first kappa shape index (κ1) is 23.6. The lowest BCUT2D eigenvalue weighted by molar-refractivity contribution is -0.123. The molecule has 0 atom stereocenters. The second-order valence-electron chi connectivity index (χ2n) is 7.46. The van der Waals surface area contributed by atoms with Crippen molar-refractivity contribution in [3.63, 3.8) is 0 Å². The van der Waals surface area contributed by atoms with E-state index in [1.165, 1.54) is 0 Å². The van der Waals surface area contributed by atoms with Gasteiger partial charge in [-0.3, -0.25) is 14.5 Å². The monoisotopic (exact) mass is 493 g/mol. The van der Waals surface area contributed by atoms with Crippen LogP contribution in [0.15, 0.2) is 77.7 Å². The zero-order valence-electron chi connectivity index (χ0n) is 18.2. The van der Waals surface area contributed by atoms with Gasteiger partial charge in [0.05, 0.1) is 17.0 Å². The lowest BCUT2D eigenvalue weighted by Crippen LogP contribution is -2.32. The Labute approximate surface area is 206 Å². The largest absolute Gasteiger partial charge is 0.492 e. The molecular weight excluding hydrogens is 474 g/mol. The third-order valence-corrected chi connectivity index (χ3v) is 6.07. The summed E-state index contributed by atoms with van der Waals surface area (Å²) in [5.74, 6) is 0.175. The summed E-state index contributed by atoms with van der Waals surface area (Å²) in [5.41, 5.74) is 2.14. The molecule has 6 nitrogen and oxygen atoms in total. The highest BCUT2D eigenvalue weighted by molar-refractivity contribution is 8.18. The highest BCUT2D eigenvalue weighted by Gasteiger charge is 2.34. The number of esters is 1. The molecule has 1 aliphatic rings. The molecule has 34 heavy (non-hydrogen) atoms. The molecule has 0 aliphatic carbocycles. The Kier molecular flexibility index (Phi) is 7.35. The van der Waals surface area contributed by atoms with Gasteiger partial charge in [-0.25, -0.2) is 4.79 Å². The quantitative estimate of drug-likeness (QED) is 0.229. The molecule has 3 aromatic carbocycles. The third kappa shape index (κ3) is 5.87. The molecule has 1 heterocycles. The summed E-state index contributed by atoms with van der Waals surface area (Å²) >= 11 is 6.73. The van der Waals surface area contributed by atoms with E-state index < -0.39 is 5.97 Å². The molecule has 0 saturated carbocycles. The fraction of sp³-hybridized carbons (Fsp3) is 0.115. The van der Waals surface area contributed by atoms with Gasteiger partial charge in [-0.1, -0.05) is 41.4 Å². The second-order valence-corrected chi connectivity index (χ2v) is 8.89. The summed E-state index contributed by atoms with van der Waals surface area (Å²) < 4.78 is 11.0. The normalized spacial score (nSPS) is 14.5. The Bertz CT molecular complexity index is 1250. The summed E-state index contributed by atoms with van der Waals surface area (Å²) in [6, 6.07) is 20.7. The van der Waals surface area contributed by atoms with E-state index in [0.29, 0.717) is 32.6 Å². The van der Waals surface area contributed by atoms with Crippen LogP contribution in [0, 0.1) is 6.92 Å². The Balaban J connectivity index is 1.35. The van der Waals surface area contributed by atoms with E-state index in [0.717, 1.165) is 22.2 Å². The number of hydrogen-bond acceptors (Lipinski definition) is 6. The molecule has 3 aromatic rings. The Morgan fingerprint density at radius 3 is 2.41 bits per heavy atom. The predicted octanol–water partition coefficient (Wildman–Crippen LogP) is 5.98. The van der Waals surface area contributed by atoms with Gasteiger partial charge < -0.3 is 9.47 Å². The van der Waals surface area contributed by atoms with Gasteiger partial charge in [-0.15, -0.1) is 0 Å². The first-order valence-corrected chi connectivity index (χ1v) is 11.6. The number of ether oxygens (including phenoxy) is 2. The summed E-state index contributed by atoms with van der Waals surface area (Å²) in [6.45, 7) is 2.21. The van der Waals surface area contributed by atoms with E-state index >= 15 is 0 Å². The fourth-order valence-electron chi connectivity index (χ4n) is 3.20. The van der Waals surface area contributed by atoms with Crippen LogP contribution in [0.2, 0.25) is 5.02 Å². The molecule has 2 amide bonds. The van der Waals surface area contributed by atoms with Crippen LogP contribution >= 0.6 is 23.4 Å². The lowest BCUT2D eigenvalue weighted by atomic mass is 10.1. The number of thioether (sulfide) groups is 1. The standard InChI is InChI=1S/C26H20ClNO5S/c1-17-3-2-4-19(15-17)25(30)33-22-9-5-18(6-10-22)16-23-24(29)28(26(31)34-23)13-14-32-21-11-7-20(27)8-12-21/h2-12,15-16H,13-14H2,1H3/b23-16-. The smallest absolute Gasteiger partial charge is 0.343 e. The van der Waals surface area contributed by atoms with Crippen molar-refractivity contribution in [3.05, 3.63) is 99.4 Å². The van der Waals surface area contributed by atoms with Crippen molar-refractivity contribution in [1.82, 2.24) is 4.90 Å². The number of rotatable bonds is 7. The summed E-state index contributed by atoms with van der Waals surface area (Å²) in [5, 5.41) is 0.251. The van der Waals surface area contributed by atoms with Crippen molar-refractivity contribution in [2.75, 3.05) is 13.2 Å². The zero-order valence-corrected chi connectivity index (χ0v) is 19.8. The van der Waals surface area contributed by atoms with Crippen molar-refractivity contribution in [2.45, 2.75) is 6.92 Å². The number of amides is 2. The SMILES string of the molecule is Cc1cccc(C(=O)Oc2ccc(/C=C3\SC(=O)N(CCOc4ccc(Cl)cc4)C3=O)cc2)c1. The van der Waals surface area contributed by atoms with E-state index in [4.69, 9.17) is 21.1 Å². The maximum atomic E-state index is 12.7. The van der Waals surface area contributed by atoms with Crippen LogP contribution < -0.4 is 9.47 Å². The molecular formula is C26H20ClNO5S. The van der Waals surface area contributed by atoms with Crippen LogP contribution in [0.4, 0.5) is 4.79 Å². The number of imide groups is 1. The molecule has 0 N–H and O–H groups in total. The molecule has 172 valence electrons. The minimum atomic E-state index is -0.446. The van der Waals surface area contributed by atoms with Crippen molar-refractivity contribution in [3.8, 4) is 11.5 Å². The highest BCUT2D eigenvalue weighted by Crippen LogP contribution is 2.32. The van der Waals surface area contributed by atoms with Crippen LogP contribution in [-0.2, 0) is 4.79 Å². The number of halogens is 1. The van der Waals surface area contributed by atoms with Crippen molar-refractivity contribution in [1.29, 1.82) is 0 Å². The number of carbonyl (C=O) groups excluding carboxylic acids is 3. The number of nitrogens with zero attached hydrogens (tertiary/aromatic N) is 1. The van der Waals surface area contributed by atoms with Crippen LogP contribution in [0.5, 0.6) is 11.5 Å². The van der Waals surface area contributed by atoms with E-state index in [1.807, 2.05) is 13.0 Å². The number of carbonyl (C=O) groups is 3. The minimum absolute atomic E-state index is 0.137. The summed E-state index contributed by atoms with van der Waals surface area (Å²) in [4.78, 5) is 38.8. The lowest BCUT2D eigenvalue weighted by Gasteiger charge is -2.13. The molecule has 0 unspecified atom stereocenters. The maximum absolute atomic E-state index is 12.7. The van der Waals surface area contributed by atoms with E-state index in [2.05, 4.69) is 0 Å². The molecule has 0 aromatic heterocycles. The molecule has 4 rings (SSSR count). The van der Waals surface area contributed by atoms with Gasteiger partial charge in [-0.05, 0) is 78.9 Å². The van der Waals surface area contributed by atoms with Gasteiger partial charge in [0.1, 0.15) is 18.1 Å². The predicted molar refractivity (Wildman–Crippen MR) is 132 cm³/mol. The Morgan fingerprint density at radius 1 is 1.00 bits per heavy atom. The molecule has 8 heteroatoms. The van der Waals surface area contributed by atoms with Crippen molar-refractivity contribution < 1.29 is 23.9 Å². The van der Waals surface area contributed by atoms with E-state index in [-0.39, 0.29) is 24.3 Å². The van der Waals surface area contributed by atoms with Crippen LogP contribution in [0.1, 0.15) is 21.5 Å². The van der Waals surface area contributed by atoms with E-state index in [1.54, 1.807) is 72.8 Å². The fourth-order valence-corrected chi connectivity index (χ4v) is 4.19. The second kappa shape index (κ2) is 10.6. The van der Waals surface area contributed by atoms with Gasteiger partial charge in [0, 0.05) is 5.02 Å². The van der Waals surface area contributed by atoms with Gasteiger partial charge in [-0.2, -0.15) is 0 Å². The topological polar surface area (TPSA) is 72.9 Å². The molecule has 0 bridgehead atoms. The van der Waals surface area contributed by atoms with Gasteiger partial charge >= 0.3 is 5.97 Å². The maximum Gasteiger partial charge on any atom is 0.343 e. The molecule has 0 spiro atoms. The number of aryl methyl sites for hydroxylation is 1. The summed E-state index contributed by atoms with van der Waals surface area (Å²) in [7, 11) is 0. The van der Waals surface area contributed by atoms with Crippen molar-refractivity contribution in [2.24, 2.45) is 0 Å². The Hall–Kier alpha value is -3.55. The van der Waals surface area contributed by atoms with E-state index in [9.17, 15) is 14.4 Å². The number of benzene rings is 3. The van der Waals surface area contributed by atoms with Crippen molar-refractivity contribution >= 4 is 46.6 Å². The average molecular weight is 494 g/mol. The van der Waals surface area contributed by atoms with Gasteiger partial charge in [0.25, 0.3) is 11.1 Å². The highest BCUT2D eigenvalue weighted by atomic mass is 35.5. The van der Waals surface area contributed by atoms with Crippen LogP contribution in [0.25, 0.3) is 6.08 Å².